The Morgan fingerprint density at radius 1 is 1.47 bits per heavy atom. The normalized spacial score (nSPS) is 11.5. The lowest BCUT2D eigenvalue weighted by Gasteiger charge is -2.20. The van der Waals surface area contributed by atoms with E-state index in [1.165, 1.54) is 0 Å². The zero-order chi connectivity index (χ0) is 13.2. The molecule has 1 aromatic heterocycles. The van der Waals surface area contributed by atoms with Gasteiger partial charge in [0.2, 0.25) is 5.82 Å². The molecule has 0 fully saturated rings. The molecule has 1 heterocycles. The highest BCUT2D eigenvalue weighted by molar-refractivity contribution is 6.29. The van der Waals surface area contributed by atoms with Crippen molar-refractivity contribution in [1.29, 1.82) is 0 Å². The van der Waals surface area contributed by atoms with Crippen LogP contribution in [0, 0.1) is 5.82 Å². The van der Waals surface area contributed by atoms with Crippen molar-refractivity contribution >= 4 is 11.6 Å². The van der Waals surface area contributed by atoms with Crippen molar-refractivity contribution in [2.45, 2.75) is 26.4 Å². The number of nitrogens with zero attached hydrogens (tertiary/aromatic N) is 2. The van der Waals surface area contributed by atoms with E-state index in [2.05, 4.69) is 4.98 Å². The van der Waals surface area contributed by atoms with Gasteiger partial charge in [-0.3, -0.25) is 14.3 Å². The smallest absolute Gasteiger partial charge is 0.302 e. The largest absolute Gasteiger partial charge is 0.329 e. The Hall–Kier alpha value is -1.14. The van der Waals surface area contributed by atoms with Crippen LogP contribution in [0.3, 0.4) is 0 Å². The van der Waals surface area contributed by atoms with Crippen molar-refractivity contribution in [3.8, 4) is 0 Å². The Balaban J connectivity index is 2.97. The lowest BCUT2D eigenvalue weighted by molar-refractivity contribution is 0.259. The van der Waals surface area contributed by atoms with E-state index in [0.29, 0.717) is 6.54 Å². The number of H-pyrrole nitrogens is 1. The highest BCUT2D eigenvalue weighted by Gasteiger charge is 2.13. The van der Waals surface area contributed by atoms with Crippen LogP contribution in [-0.2, 0) is 6.54 Å². The molecule has 1 N–H and O–H groups in total. The number of rotatable bonds is 4. The summed E-state index contributed by atoms with van der Waals surface area (Å²) in [4.78, 5) is 26.9. The Kier molecular flexibility index (Phi) is 4.47. The molecule has 0 saturated carbocycles. The maximum absolute atomic E-state index is 13.2. The molecular weight excluding hydrogens is 249 g/mol. The van der Waals surface area contributed by atoms with E-state index in [1.54, 1.807) is 0 Å². The molecular formula is C10H15ClFN3O2. The van der Waals surface area contributed by atoms with Crippen molar-refractivity contribution < 1.29 is 4.39 Å². The zero-order valence-electron chi connectivity index (χ0n) is 9.96. The van der Waals surface area contributed by atoms with E-state index >= 15 is 0 Å². The van der Waals surface area contributed by atoms with Crippen LogP contribution in [0.1, 0.15) is 13.8 Å². The monoisotopic (exact) mass is 263 g/mol. The summed E-state index contributed by atoms with van der Waals surface area (Å²) in [7, 11) is 1.86. The number of hydrogen-bond acceptors (Lipinski definition) is 3. The zero-order valence-corrected chi connectivity index (χ0v) is 10.7. The summed E-state index contributed by atoms with van der Waals surface area (Å²) in [6, 6.07) is 0.280. The van der Waals surface area contributed by atoms with Gasteiger partial charge in [0, 0.05) is 19.1 Å². The summed E-state index contributed by atoms with van der Waals surface area (Å²) in [6.07, 6.45) is 0. The van der Waals surface area contributed by atoms with Crippen molar-refractivity contribution in [3.63, 3.8) is 0 Å². The first-order valence-corrected chi connectivity index (χ1v) is 5.60. The van der Waals surface area contributed by atoms with Crippen molar-refractivity contribution in [2.24, 2.45) is 0 Å². The first-order chi connectivity index (χ1) is 7.84. The topological polar surface area (TPSA) is 58.1 Å². The summed E-state index contributed by atoms with van der Waals surface area (Å²) in [5.74, 6) is -1.13. The molecule has 96 valence electrons. The molecule has 7 heteroatoms. The Morgan fingerprint density at radius 2 is 2.06 bits per heavy atom. The average Bonchev–Trinajstić information content (AvgIpc) is 2.25. The molecule has 0 aliphatic heterocycles. The summed E-state index contributed by atoms with van der Waals surface area (Å²) < 4.78 is 14.0. The summed E-state index contributed by atoms with van der Waals surface area (Å²) >= 11 is 5.35. The Labute approximate surface area is 103 Å². The second kappa shape index (κ2) is 5.46. The lowest BCUT2D eigenvalue weighted by Crippen LogP contribution is -2.41. The molecule has 0 aliphatic rings. The van der Waals surface area contributed by atoms with Gasteiger partial charge in [-0.2, -0.15) is 4.39 Å². The van der Waals surface area contributed by atoms with Crippen LogP contribution in [-0.4, -0.2) is 34.1 Å². The summed E-state index contributed by atoms with van der Waals surface area (Å²) in [5.41, 5.74) is -1.69. The number of likely N-dealkylation sites (N-methyl/N-ethyl adjacent to an activating group) is 1. The van der Waals surface area contributed by atoms with Gasteiger partial charge < -0.3 is 4.90 Å². The van der Waals surface area contributed by atoms with Gasteiger partial charge in [-0.1, -0.05) is 11.6 Å². The molecule has 5 nitrogen and oxygen atoms in total. The number of halogens is 2. The molecule has 0 spiro atoms. The third-order valence-electron chi connectivity index (χ3n) is 2.65. The minimum atomic E-state index is -1.13. The van der Waals surface area contributed by atoms with Crippen LogP contribution < -0.4 is 11.2 Å². The van der Waals surface area contributed by atoms with Crippen LogP contribution in [0.25, 0.3) is 0 Å². The van der Waals surface area contributed by atoms with E-state index in [4.69, 9.17) is 11.6 Å². The third kappa shape index (κ3) is 3.17. The highest BCUT2D eigenvalue weighted by Crippen LogP contribution is 2.02. The molecule has 0 atom stereocenters. The maximum Gasteiger partial charge on any atom is 0.329 e. The van der Waals surface area contributed by atoms with Gasteiger partial charge in [0.25, 0.3) is 5.56 Å². The van der Waals surface area contributed by atoms with E-state index in [9.17, 15) is 14.0 Å². The molecule has 0 aromatic carbocycles. The van der Waals surface area contributed by atoms with Gasteiger partial charge in [0.15, 0.2) is 5.15 Å². The van der Waals surface area contributed by atoms with Gasteiger partial charge >= 0.3 is 5.69 Å². The molecule has 0 saturated heterocycles. The van der Waals surface area contributed by atoms with Gasteiger partial charge in [-0.15, -0.1) is 0 Å². The van der Waals surface area contributed by atoms with Crippen molar-refractivity contribution in [3.05, 3.63) is 31.8 Å². The standard InChI is InChI=1S/C10H15ClFN3O2/c1-6(2)14(3)4-5-15-9(16)7(12)8(11)13-10(15)17/h6H,4-5H2,1-3H3,(H,13,17). The molecule has 0 aliphatic carbocycles. The first kappa shape index (κ1) is 13.9. The Bertz CT molecular complexity index is 509. The molecule has 0 bridgehead atoms. The van der Waals surface area contributed by atoms with E-state index in [-0.39, 0.29) is 12.6 Å². The molecule has 1 rings (SSSR count). The van der Waals surface area contributed by atoms with Gasteiger partial charge in [0.05, 0.1) is 0 Å². The van der Waals surface area contributed by atoms with Crippen LogP contribution in [0.5, 0.6) is 0 Å². The van der Waals surface area contributed by atoms with Crippen LogP contribution in [0.15, 0.2) is 9.59 Å². The lowest BCUT2D eigenvalue weighted by atomic mass is 10.3. The molecule has 0 unspecified atom stereocenters. The minimum absolute atomic E-state index is 0.122. The Morgan fingerprint density at radius 3 is 2.59 bits per heavy atom. The van der Waals surface area contributed by atoms with E-state index in [0.717, 1.165) is 4.57 Å². The van der Waals surface area contributed by atoms with Gasteiger partial charge in [-0.25, -0.2) is 4.79 Å². The summed E-state index contributed by atoms with van der Waals surface area (Å²) in [5, 5.41) is -0.548. The average molecular weight is 264 g/mol. The van der Waals surface area contributed by atoms with Crippen molar-refractivity contribution in [2.75, 3.05) is 13.6 Å². The van der Waals surface area contributed by atoms with Gasteiger partial charge in [0.1, 0.15) is 0 Å². The fraction of sp³-hybridized carbons (Fsp3) is 0.600. The van der Waals surface area contributed by atoms with Gasteiger partial charge in [-0.05, 0) is 20.9 Å². The first-order valence-electron chi connectivity index (χ1n) is 5.23. The minimum Gasteiger partial charge on any atom is -0.302 e. The fourth-order valence-electron chi connectivity index (χ4n) is 1.24. The van der Waals surface area contributed by atoms with E-state index in [1.807, 2.05) is 25.8 Å². The predicted octanol–water partition coefficient (Wildman–Crippen LogP) is 0.669. The molecule has 17 heavy (non-hydrogen) atoms. The van der Waals surface area contributed by atoms with Crippen LogP contribution >= 0.6 is 11.6 Å². The van der Waals surface area contributed by atoms with E-state index < -0.39 is 22.2 Å². The maximum atomic E-state index is 13.2. The highest BCUT2D eigenvalue weighted by atomic mass is 35.5. The van der Waals surface area contributed by atoms with Crippen LogP contribution in [0.4, 0.5) is 4.39 Å². The molecule has 0 radical (unpaired) electrons. The molecule has 0 amide bonds. The third-order valence-corrected chi connectivity index (χ3v) is 2.91. The number of nitrogens with one attached hydrogen (secondary N) is 1. The number of aromatic amines is 1. The quantitative estimate of drug-likeness (QED) is 0.813. The second-order valence-corrected chi connectivity index (χ2v) is 4.47. The summed E-state index contributed by atoms with van der Waals surface area (Å²) in [6.45, 7) is 4.56. The number of hydrogen-bond donors (Lipinski definition) is 1. The SMILES string of the molecule is CC(C)N(C)CCn1c(=O)[nH]c(Cl)c(F)c1=O. The molecule has 1 aromatic rings. The van der Waals surface area contributed by atoms with Crippen LogP contribution in [0.2, 0.25) is 5.15 Å². The second-order valence-electron chi connectivity index (χ2n) is 4.09. The fourth-order valence-corrected chi connectivity index (χ4v) is 1.40. The number of aromatic nitrogens is 2. The predicted molar refractivity (Wildman–Crippen MR) is 64.1 cm³/mol. The van der Waals surface area contributed by atoms with Crippen molar-refractivity contribution in [1.82, 2.24) is 14.5 Å².